The average Bonchev–Trinajstić information content (AvgIpc) is 1.69. The van der Waals surface area contributed by atoms with Crippen LogP contribution in [0.1, 0.15) is 103 Å². The van der Waals surface area contributed by atoms with Crippen molar-refractivity contribution in [2.45, 2.75) is 116 Å². The summed E-state index contributed by atoms with van der Waals surface area (Å²) in [4.78, 5) is 64.9. The second-order valence-electron chi connectivity index (χ2n) is 27.2. The topological polar surface area (TPSA) is 192 Å². The summed E-state index contributed by atoms with van der Waals surface area (Å²) in [5.74, 6) is -1.27. The number of sulfone groups is 1. The van der Waals surface area contributed by atoms with Crippen molar-refractivity contribution in [3.8, 4) is 0 Å². The van der Waals surface area contributed by atoms with Gasteiger partial charge in [-0.2, -0.15) is 13.2 Å². The van der Waals surface area contributed by atoms with Gasteiger partial charge in [-0.05, 0) is 178 Å². The van der Waals surface area contributed by atoms with Crippen molar-refractivity contribution < 1.29 is 49.2 Å². The van der Waals surface area contributed by atoms with Crippen molar-refractivity contribution in [3.05, 3.63) is 154 Å². The van der Waals surface area contributed by atoms with E-state index in [-0.39, 0.29) is 41.7 Å². The number of hydrogen-bond acceptors (Lipinski definition) is 15. The number of piperidine rings is 2. The Morgan fingerprint density at radius 3 is 2.24 bits per heavy atom. The summed E-state index contributed by atoms with van der Waals surface area (Å²) in [7, 11) is -11.0. The molecule has 17 nitrogen and oxygen atoms in total. The van der Waals surface area contributed by atoms with Gasteiger partial charge < -0.3 is 20.0 Å². The Bertz CT molecular complexity index is 4220. The van der Waals surface area contributed by atoms with Gasteiger partial charge in [-0.15, -0.1) is 11.8 Å². The Balaban J connectivity index is 0.632. The maximum absolute atomic E-state index is 14.7. The first-order valence-electron chi connectivity index (χ1n) is 32.9. The molecule has 6 aromatic carbocycles. The molecular weight excluding hydrogens is 1300 g/mol. The van der Waals surface area contributed by atoms with Gasteiger partial charge in [0.25, 0.3) is 31.7 Å². The molecule has 6 aliphatic heterocycles. The summed E-state index contributed by atoms with van der Waals surface area (Å²) in [6, 6.07) is 33.7. The molecule has 3 atom stereocenters. The van der Waals surface area contributed by atoms with Crippen LogP contribution in [0.15, 0.2) is 142 Å². The van der Waals surface area contributed by atoms with Crippen LogP contribution in [0.3, 0.4) is 0 Å². The van der Waals surface area contributed by atoms with Crippen molar-refractivity contribution in [2.75, 3.05) is 104 Å². The first kappa shape index (κ1) is 66.6. The maximum atomic E-state index is 14.7. The number of hydrogen-bond donors (Lipinski definition) is 3. The largest absolute Gasteiger partial charge is 0.501 e. The first-order chi connectivity index (χ1) is 45.4. The SMILES string of the molecule is CC1(C)CCC(c2ccc(Cl)cc2)=C(CN2CCN3c4ccc(C(=O)NS(=O)(=O)c5ccc(N[C@H](CCN6CCC(CN7CCN(c8ccc9c%10c(cccc8%10)C(=O)N9C8CCC(=O)NC8=O)CC7)CC6)CSc6ccccc6)c(S(=O)(=O)C(F)(F)F)c5)cc4CCC3C2)C1. The molecule has 7 aliphatic rings. The van der Waals surface area contributed by atoms with E-state index >= 15 is 0 Å². The molecule has 4 fully saturated rings. The average molecular weight is 1380 g/mol. The Hall–Kier alpha value is -6.99. The highest BCUT2D eigenvalue weighted by Crippen LogP contribution is 2.46. The lowest BCUT2D eigenvalue weighted by Gasteiger charge is -2.47. The summed E-state index contributed by atoms with van der Waals surface area (Å²) < 4.78 is 101. The van der Waals surface area contributed by atoms with E-state index in [2.05, 4.69) is 61.1 Å². The number of aryl methyl sites for hydroxylation is 1. The Labute approximate surface area is 562 Å². The zero-order valence-electron chi connectivity index (χ0n) is 53.3. The minimum Gasteiger partial charge on any atom is -0.380 e. The number of amides is 4. The fourth-order valence-corrected chi connectivity index (χ4v) is 18.4. The second-order valence-corrected chi connectivity index (χ2v) is 32.4. The number of likely N-dealkylation sites (tertiary alicyclic amines) is 1. The van der Waals surface area contributed by atoms with Crippen molar-refractivity contribution in [1.29, 1.82) is 0 Å². The number of nitrogens with zero attached hydrogens (tertiary/aromatic N) is 6. The van der Waals surface area contributed by atoms with Crippen LogP contribution < -0.4 is 30.1 Å². The standard InChI is InChI=1S/C71H79ClF3N9O8S3/c1-70(2)29-25-56(47-11-15-51(72)16-12-47)50(41-70)43-81-35-38-83-53(44-81)17-13-48-39-49(14-20-60(48)83)67(86)78-95(91,92)55-18-19-59(64(40-55)94(89,90)71(73,74)75)76-52(45-93-54-7-4-3-5-8-54)28-32-79-30-26-46(27-31-79)42-80-33-36-82(37-34-80)61-21-22-62-66-57(61)9-6-10-58(66)69(88)84(62)63-23-24-65(85)77-68(63)87/h3-12,14-16,18-22,39-40,46,52-53,63,76H,13,17,23-38,41-45H2,1-2H3,(H,78,86)(H,77,85,87)/t52-,53?,63?/m1/s1. The molecule has 6 heterocycles. The van der Waals surface area contributed by atoms with Crippen LogP contribution in [0.2, 0.25) is 5.02 Å². The van der Waals surface area contributed by atoms with Crippen molar-refractivity contribution in [3.63, 3.8) is 0 Å². The van der Waals surface area contributed by atoms with Crippen LogP contribution in [0.5, 0.6) is 0 Å². The number of sulfonamides is 1. The normalized spacial score (nSPS) is 21.2. The number of piperazine rings is 2. The number of allylic oxidation sites excluding steroid dienone is 1. The third-order valence-corrected chi connectivity index (χ3v) is 24.6. The van der Waals surface area contributed by atoms with Crippen LogP contribution >= 0.6 is 23.4 Å². The molecule has 4 saturated heterocycles. The monoisotopic (exact) mass is 1370 g/mol. The highest BCUT2D eigenvalue weighted by atomic mass is 35.5. The third kappa shape index (κ3) is 14.3. The molecule has 4 amide bonds. The summed E-state index contributed by atoms with van der Waals surface area (Å²) >= 11 is 7.72. The molecule has 95 heavy (non-hydrogen) atoms. The highest BCUT2D eigenvalue weighted by molar-refractivity contribution is 7.99. The summed E-state index contributed by atoms with van der Waals surface area (Å²) in [6.07, 6.45) is 7.31. The predicted molar refractivity (Wildman–Crippen MR) is 367 cm³/mol. The third-order valence-electron chi connectivity index (χ3n) is 20.3. The molecule has 1 aliphatic carbocycles. The van der Waals surface area contributed by atoms with Gasteiger partial charge in [0.05, 0.1) is 16.3 Å². The van der Waals surface area contributed by atoms with Crippen molar-refractivity contribution >= 4 is 106 Å². The molecule has 13 rings (SSSR count). The van der Waals surface area contributed by atoms with Gasteiger partial charge in [0, 0.05) is 133 Å². The van der Waals surface area contributed by atoms with E-state index in [0.717, 1.165) is 155 Å². The molecule has 0 saturated carbocycles. The highest BCUT2D eigenvalue weighted by Gasteiger charge is 2.49. The summed E-state index contributed by atoms with van der Waals surface area (Å²) in [5.41, 5.74) is 2.23. The Kier molecular flexibility index (Phi) is 19.0. The Morgan fingerprint density at radius 2 is 1.49 bits per heavy atom. The fourth-order valence-electron chi connectivity index (χ4n) is 15.3. The molecule has 6 aromatic rings. The van der Waals surface area contributed by atoms with Gasteiger partial charge in [0.15, 0.2) is 0 Å². The quantitative estimate of drug-likeness (QED) is 0.0512. The molecule has 2 unspecified atom stereocenters. The number of anilines is 4. The second kappa shape index (κ2) is 27.1. The minimum atomic E-state index is -6.14. The van der Waals surface area contributed by atoms with Crippen molar-refractivity contribution in [2.24, 2.45) is 11.3 Å². The maximum Gasteiger partial charge on any atom is 0.501 e. The first-order valence-corrected chi connectivity index (χ1v) is 37.3. The van der Waals surface area contributed by atoms with E-state index in [1.807, 2.05) is 77.5 Å². The Morgan fingerprint density at radius 1 is 0.758 bits per heavy atom. The van der Waals surface area contributed by atoms with E-state index < -0.39 is 64.7 Å². The molecule has 0 bridgehead atoms. The van der Waals surface area contributed by atoms with E-state index in [1.165, 1.54) is 28.5 Å². The van der Waals surface area contributed by atoms with E-state index in [1.54, 1.807) is 23.1 Å². The van der Waals surface area contributed by atoms with Crippen LogP contribution in [-0.2, 0) is 35.9 Å². The lowest BCUT2D eigenvalue weighted by atomic mass is 9.72. The van der Waals surface area contributed by atoms with Crippen LogP contribution in [-0.4, -0.2) is 163 Å². The molecule has 24 heteroatoms. The molecule has 0 radical (unpaired) electrons. The molecule has 0 spiro atoms. The number of rotatable bonds is 19. The van der Waals surface area contributed by atoms with E-state index in [4.69, 9.17) is 11.6 Å². The smallest absolute Gasteiger partial charge is 0.380 e. The van der Waals surface area contributed by atoms with E-state index in [0.29, 0.717) is 53.4 Å². The predicted octanol–water partition coefficient (Wildman–Crippen LogP) is 11.3. The number of thioether (sulfide) groups is 1. The van der Waals surface area contributed by atoms with Gasteiger partial charge in [-0.1, -0.05) is 73.5 Å². The zero-order chi connectivity index (χ0) is 66.6. The number of alkyl halides is 3. The molecular formula is C71H79ClF3N9O8S3. The zero-order valence-corrected chi connectivity index (χ0v) is 56.5. The van der Waals surface area contributed by atoms with Crippen LogP contribution in [0, 0.1) is 11.3 Å². The van der Waals surface area contributed by atoms with Gasteiger partial charge in [0.1, 0.15) is 10.9 Å². The fraction of sp³-hybridized carbons (Fsp3) is 0.437. The van der Waals surface area contributed by atoms with E-state index in [9.17, 15) is 49.2 Å². The summed E-state index contributed by atoms with van der Waals surface area (Å²) in [5, 5.41) is 7.97. The number of carbonyl (C=O) groups excluding carboxylic acids is 4. The minimum absolute atomic E-state index is 0.0433. The number of fused-ring (bicyclic) bond motifs is 3. The lowest BCUT2D eigenvalue weighted by molar-refractivity contribution is -0.134. The summed E-state index contributed by atoms with van der Waals surface area (Å²) in [6.45, 7) is 14.3. The van der Waals surface area contributed by atoms with Gasteiger partial charge in [-0.25, -0.2) is 21.6 Å². The van der Waals surface area contributed by atoms with Gasteiger partial charge in [0.2, 0.25) is 11.8 Å². The number of imide groups is 1. The van der Waals surface area contributed by atoms with Crippen LogP contribution in [0.25, 0.3) is 16.3 Å². The number of benzene rings is 6. The van der Waals surface area contributed by atoms with Gasteiger partial charge >= 0.3 is 5.51 Å². The van der Waals surface area contributed by atoms with Crippen LogP contribution in [0.4, 0.5) is 35.9 Å². The number of halogens is 4. The molecule has 502 valence electrons. The number of carbonyl (C=O) groups is 4. The molecule has 3 N–H and O–H groups in total. The lowest BCUT2D eigenvalue weighted by Crippen LogP contribution is -2.55. The van der Waals surface area contributed by atoms with Gasteiger partial charge in [-0.3, -0.25) is 39.2 Å². The van der Waals surface area contributed by atoms with Crippen molar-refractivity contribution in [1.82, 2.24) is 24.7 Å². The molecule has 0 aromatic heterocycles. The number of nitrogens with one attached hydrogen (secondary N) is 3.